The Kier molecular flexibility index (Phi) is 5.84. The topological polar surface area (TPSA) is 73.6 Å². The summed E-state index contributed by atoms with van der Waals surface area (Å²) in [6.07, 6.45) is 1.01. The van der Waals surface area contributed by atoms with E-state index in [2.05, 4.69) is 10.5 Å². The summed E-state index contributed by atoms with van der Waals surface area (Å²) in [6.45, 7) is 5.69. The van der Waals surface area contributed by atoms with E-state index in [4.69, 9.17) is 14.0 Å². The molecule has 0 radical (unpaired) electrons. The molecule has 0 saturated heterocycles. The summed E-state index contributed by atoms with van der Waals surface area (Å²) in [5.74, 6) is 2.07. The van der Waals surface area contributed by atoms with Crippen LogP contribution in [0.2, 0.25) is 0 Å². The zero-order valence-corrected chi connectivity index (χ0v) is 14.8. The number of hydrogen-bond donors (Lipinski definition) is 1. The molecular weight excluding hydrogens is 308 g/mol. The Bertz CT molecular complexity index is 690. The average molecular weight is 332 g/mol. The van der Waals surface area contributed by atoms with E-state index in [-0.39, 0.29) is 11.9 Å². The Morgan fingerprint density at radius 1 is 1.25 bits per heavy atom. The van der Waals surface area contributed by atoms with Gasteiger partial charge in [0.2, 0.25) is 5.91 Å². The number of nitrogens with zero attached hydrogens (tertiary/aromatic N) is 1. The van der Waals surface area contributed by atoms with Crippen molar-refractivity contribution in [1.82, 2.24) is 10.5 Å². The number of benzene rings is 1. The van der Waals surface area contributed by atoms with E-state index in [0.29, 0.717) is 24.3 Å². The van der Waals surface area contributed by atoms with Gasteiger partial charge in [0.1, 0.15) is 5.76 Å². The van der Waals surface area contributed by atoms with Gasteiger partial charge in [0.25, 0.3) is 0 Å². The molecule has 2 rings (SSSR count). The average Bonchev–Trinajstić information content (AvgIpc) is 2.90. The maximum Gasteiger partial charge on any atom is 0.220 e. The summed E-state index contributed by atoms with van der Waals surface area (Å²) in [7, 11) is 3.19. The van der Waals surface area contributed by atoms with E-state index in [1.54, 1.807) is 14.2 Å². The highest BCUT2D eigenvalue weighted by Gasteiger charge is 2.15. The van der Waals surface area contributed by atoms with E-state index < -0.39 is 0 Å². The third-order valence-electron chi connectivity index (χ3n) is 4.07. The molecule has 0 bridgehead atoms. The van der Waals surface area contributed by atoms with Gasteiger partial charge in [-0.2, -0.15) is 0 Å². The summed E-state index contributed by atoms with van der Waals surface area (Å²) >= 11 is 0. The first-order valence-electron chi connectivity index (χ1n) is 7.89. The van der Waals surface area contributed by atoms with E-state index in [1.807, 2.05) is 39.0 Å². The molecule has 1 atom stereocenters. The van der Waals surface area contributed by atoms with E-state index >= 15 is 0 Å². The van der Waals surface area contributed by atoms with E-state index in [1.165, 1.54) is 0 Å². The molecule has 1 aromatic heterocycles. The lowest BCUT2D eigenvalue weighted by molar-refractivity contribution is -0.121. The fourth-order valence-electron chi connectivity index (χ4n) is 2.62. The molecule has 130 valence electrons. The predicted octanol–water partition coefficient (Wildman–Crippen LogP) is 3.12. The first-order valence-corrected chi connectivity index (χ1v) is 7.89. The van der Waals surface area contributed by atoms with Crippen LogP contribution in [-0.4, -0.2) is 25.3 Å². The van der Waals surface area contributed by atoms with Crippen molar-refractivity contribution in [2.75, 3.05) is 14.2 Å². The molecule has 24 heavy (non-hydrogen) atoms. The molecule has 2 aromatic rings. The fourth-order valence-corrected chi connectivity index (χ4v) is 2.62. The first-order chi connectivity index (χ1) is 11.5. The number of aromatic nitrogens is 1. The van der Waals surface area contributed by atoms with Gasteiger partial charge in [-0.25, -0.2) is 0 Å². The first kappa shape index (κ1) is 17.8. The van der Waals surface area contributed by atoms with Crippen molar-refractivity contribution < 1.29 is 18.8 Å². The molecule has 0 spiro atoms. The molecule has 6 nitrogen and oxygen atoms in total. The lowest BCUT2D eigenvalue weighted by Gasteiger charge is -2.16. The second-order valence-electron chi connectivity index (χ2n) is 5.71. The van der Waals surface area contributed by atoms with Crippen molar-refractivity contribution in [3.8, 4) is 11.5 Å². The second kappa shape index (κ2) is 7.86. The molecule has 6 heteroatoms. The van der Waals surface area contributed by atoms with Gasteiger partial charge in [0, 0.05) is 12.0 Å². The van der Waals surface area contributed by atoms with Crippen LogP contribution < -0.4 is 14.8 Å². The largest absolute Gasteiger partial charge is 0.493 e. The van der Waals surface area contributed by atoms with Gasteiger partial charge >= 0.3 is 0 Å². The number of rotatable bonds is 7. The molecule has 0 aliphatic carbocycles. The third kappa shape index (κ3) is 4.07. The van der Waals surface area contributed by atoms with Crippen LogP contribution in [0.5, 0.6) is 11.5 Å². The molecule has 1 heterocycles. The SMILES string of the molecule is COc1ccc(C(C)NC(=O)CCc2c(C)noc2C)cc1OC. The Labute approximate surface area is 142 Å². The number of ether oxygens (including phenoxy) is 2. The lowest BCUT2D eigenvalue weighted by atomic mass is 10.1. The van der Waals surface area contributed by atoms with Crippen molar-refractivity contribution in [3.05, 3.63) is 40.8 Å². The molecule has 1 aromatic carbocycles. The van der Waals surface area contributed by atoms with Gasteiger partial charge in [-0.3, -0.25) is 4.79 Å². The third-order valence-corrected chi connectivity index (χ3v) is 4.07. The highest BCUT2D eigenvalue weighted by atomic mass is 16.5. The Morgan fingerprint density at radius 2 is 1.96 bits per heavy atom. The van der Waals surface area contributed by atoms with Crippen LogP contribution in [0, 0.1) is 13.8 Å². The quantitative estimate of drug-likeness (QED) is 0.843. The number of hydrogen-bond acceptors (Lipinski definition) is 5. The standard InChI is InChI=1S/C18H24N2O4/c1-11(14-6-8-16(22-4)17(10-14)23-5)19-18(21)9-7-15-12(2)20-24-13(15)3/h6,8,10-11H,7,9H2,1-5H3,(H,19,21). The normalized spacial score (nSPS) is 11.9. The second-order valence-corrected chi connectivity index (χ2v) is 5.71. The van der Waals surface area contributed by atoms with E-state index in [9.17, 15) is 4.79 Å². The Hall–Kier alpha value is -2.50. The van der Waals surface area contributed by atoms with Crippen molar-refractivity contribution >= 4 is 5.91 Å². The van der Waals surface area contributed by atoms with Crippen molar-refractivity contribution in [3.63, 3.8) is 0 Å². The number of amides is 1. The van der Waals surface area contributed by atoms with Crippen molar-refractivity contribution in [2.24, 2.45) is 0 Å². The van der Waals surface area contributed by atoms with Crippen LogP contribution >= 0.6 is 0 Å². The minimum absolute atomic E-state index is 0.0164. The molecule has 0 saturated carbocycles. The molecule has 0 aliphatic heterocycles. The molecule has 1 N–H and O–H groups in total. The lowest BCUT2D eigenvalue weighted by Crippen LogP contribution is -2.26. The summed E-state index contributed by atoms with van der Waals surface area (Å²) in [5.41, 5.74) is 2.80. The summed E-state index contributed by atoms with van der Waals surface area (Å²) in [4.78, 5) is 12.2. The highest BCUT2D eigenvalue weighted by molar-refractivity contribution is 5.76. The Balaban J connectivity index is 1.96. The number of carbonyl (C=O) groups excluding carboxylic acids is 1. The number of carbonyl (C=O) groups is 1. The molecule has 0 fully saturated rings. The van der Waals surface area contributed by atoms with Gasteiger partial charge < -0.3 is 19.3 Å². The maximum absolute atomic E-state index is 12.2. The monoisotopic (exact) mass is 332 g/mol. The van der Waals surface area contributed by atoms with E-state index in [0.717, 1.165) is 22.6 Å². The zero-order valence-electron chi connectivity index (χ0n) is 14.8. The molecule has 1 amide bonds. The van der Waals surface area contributed by atoms with Crippen molar-refractivity contribution in [2.45, 2.75) is 39.7 Å². The molecule has 0 aliphatic rings. The molecule has 1 unspecified atom stereocenters. The van der Waals surface area contributed by atoms with Crippen LogP contribution in [0.4, 0.5) is 0 Å². The number of methoxy groups -OCH3 is 2. The maximum atomic E-state index is 12.2. The van der Waals surface area contributed by atoms with Crippen LogP contribution in [0.3, 0.4) is 0 Å². The summed E-state index contributed by atoms with van der Waals surface area (Å²) < 4.78 is 15.6. The summed E-state index contributed by atoms with van der Waals surface area (Å²) in [6, 6.07) is 5.50. The minimum atomic E-state index is -0.123. The van der Waals surface area contributed by atoms with Gasteiger partial charge in [0.05, 0.1) is 26.0 Å². The van der Waals surface area contributed by atoms with Gasteiger partial charge in [-0.05, 0) is 44.9 Å². The van der Waals surface area contributed by atoms with Crippen LogP contribution in [0.25, 0.3) is 0 Å². The van der Waals surface area contributed by atoms with Gasteiger partial charge in [-0.1, -0.05) is 11.2 Å². The van der Waals surface area contributed by atoms with Gasteiger partial charge in [-0.15, -0.1) is 0 Å². The van der Waals surface area contributed by atoms with Crippen LogP contribution in [0.1, 0.15) is 42.0 Å². The predicted molar refractivity (Wildman–Crippen MR) is 90.4 cm³/mol. The fraction of sp³-hybridized carbons (Fsp3) is 0.444. The smallest absolute Gasteiger partial charge is 0.220 e. The Morgan fingerprint density at radius 3 is 2.54 bits per heavy atom. The number of nitrogens with one attached hydrogen (secondary N) is 1. The van der Waals surface area contributed by atoms with Crippen LogP contribution in [-0.2, 0) is 11.2 Å². The van der Waals surface area contributed by atoms with Gasteiger partial charge in [0.15, 0.2) is 11.5 Å². The van der Waals surface area contributed by atoms with Crippen molar-refractivity contribution in [1.29, 1.82) is 0 Å². The van der Waals surface area contributed by atoms with Crippen LogP contribution in [0.15, 0.2) is 22.7 Å². The number of aryl methyl sites for hydroxylation is 2. The minimum Gasteiger partial charge on any atom is -0.493 e. The summed E-state index contributed by atoms with van der Waals surface area (Å²) in [5, 5.41) is 6.91. The molecular formula is C18H24N2O4. The zero-order chi connectivity index (χ0) is 17.7. The highest BCUT2D eigenvalue weighted by Crippen LogP contribution is 2.29.